The minimum Gasteiger partial charge on any atom is -0.0683 e. The highest BCUT2D eigenvalue weighted by Crippen LogP contribution is 2.49. The molecule has 0 aromatic heterocycles. The minimum absolute atomic E-state index is 0.203. The third-order valence-electron chi connectivity index (χ3n) is 4.93. The molecule has 0 aromatic carbocycles. The molecule has 0 N–H and O–H groups in total. The molecule has 106 valence electrons. The molecule has 0 heterocycles. The molecule has 0 saturated heterocycles. The van der Waals surface area contributed by atoms with Gasteiger partial charge in [0.2, 0.25) is 0 Å². The Morgan fingerprint density at radius 3 is 2.52 bits per heavy atom. The molecule has 21 heavy (non-hydrogen) atoms. The van der Waals surface area contributed by atoms with Gasteiger partial charge in [0.15, 0.2) is 0 Å². The first kappa shape index (κ1) is 12.9. The minimum atomic E-state index is 0.203. The molecular weight excluding hydrogens is 252 g/mol. The maximum atomic E-state index is 2.41. The summed E-state index contributed by atoms with van der Waals surface area (Å²) in [5, 5.41) is 0. The lowest BCUT2D eigenvalue weighted by molar-refractivity contribution is 0.512. The molecule has 4 rings (SSSR count). The van der Waals surface area contributed by atoms with Crippen molar-refractivity contribution < 1.29 is 0 Å². The van der Waals surface area contributed by atoms with Crippen molar-refractivity contribution in [3.63, 3.8) is 0 Å². The first-order valence-corrected chi connectivity index (χ1v) is 7.88. The summed E-state index contributed by atoms with van der Waals surface area (Å²) in [6.45, 7) is 9.13. The summed E-state index contributed by atoms with van der Waals surface area (Å²) in [5.41, 5.74) is 10.5. The normalized spacial score (nSPS) is 26.5. The fourth-order valence-electron chi connectivity index (χ4n) is 3.81. The van der Waals surface area contributed by atoms with Crippen molar-refractivity contribution in [3.8, 4) is 0 Å². The second kappa shape index (κ2) is 4.10. The zero-order valence-corrected chi connectivity index (χ0v) is 13.3. The lowest BCUT2D eigenvalue weighted by atomic mass is 9.66. The standard InChI is InChI=1S/C21H22/c1-13-9-14-5-7-16-11-18(21(2,3)4)12-17-8-6-15(10-13)19(14)20(16)17/h5-9,11-12,20H,10H2,1-4H3. The number of allylic oxidation sites excluding steroid dienone is 14. The van der Waals surface area contributed by atoms with Crippen LogP contribution in [-0.4, -0.2) is 0 Å². The van der Waals surface area contributed by atoms with Crippen LogP contribution < -0.4 is 0 Å². The third-order valence-corrected chi connectivity index (χ3v) is 4.93. The van der Waals surface area contributed by atoms with Crippen LogP contribution >= 0.6 is 0 Å². The Morgan fingerprint density at radius 2 is 1.76 bits per heavy atom. The van der Waals surface area contributed by atoms with E-state index in [1.165, 1.54) is 33.4 Å². The molecule has 4 aliphatic carbocycles. The summed E-state index contributed by atoms with van der Waals surface area (Å²) in [6, 6.07) is 0. The summed E-state index contributed by atoms with van der Waals surface area (Å²) in [6.07, 6.45) is 17.6. The molecule has 1 unspecified atom stereocenters. The predicted molar refractivity (Wildman–Crippen MR) is 89.8 cm³/mol. The van der Waals surface area contributed by atoms with Gasteiger partial charge >= 0.3 is 0 Å². The smallest absolute Gasteiger partial charge is 0.0348 e. The van der Waals surface area contributed by atoms with Crippen molar-refractivity contribution in [2.24, 2.45) is 11.3 Å². The van der Waals surface area contributed by atoms with Gasteiger partial charge in [-0.1, -0.05) is 68.9 Å². The van der Waals surface area contributed by atoms with Crippen LogP contribution in [0.4, 0.5) is 0 Å². The van der Waals surface area contributed by atoms with E-state index in [0.717, 1.165) is 6.42 Å². The summed E-state index contributed by atoms with van der Waals surface area (Å²) in [5.74, 6) is 0.473. The van der Waals surface area contributed by atoms with Crippen LogP contribution in [0.2, 0.25) is 0 Å². The van der Waals surface area contributed by atoms with E-state index in [0.29, 0.717) is 5.92 Å². The average molecular weight is 274 g/mol. The van der Waals surface area contributed by atoms with Gasteiger partial charge in [-0.3, -0.25) is 0 Å². The molecule has 0 bridgehead atoms. The molecule has 1 atom stereocenters. The fourth-order valence-corrected chi connectivity index (χ4v) is 3.81. The summed E-state index contributed by atoms with van der Waals surface area (Å²) >= 11 is 0. The first-order valence-electron chi connectivity index (χ1n) is 7.88. The van der Waals surface area contributed by atoms with Gasteiger partial charge in [-0.05, 0) is 52.2 Å². The fraction of sp³-hybridized carbons (Fsp3) is 0.333. The van der Waals surface area contributed by atoms with Crippen LogP contribution in [0.5, 0.6) is 0 Å². The zero-order chi connectivity index (χ0) is 14.8. The van der Waals surface area contributed by atoms with Crippen LogP contribution in [0.25, 0.3) is 0 Å². The van der Waals surface area contributed by atoms with Crippen LogP contribution in [0, 0.1) is 11.3 Å². The monoisotopic (exact) mass is 274 g/mol. The van der Waals surface area contributed by atoms with E-state index in [2.05, 4.69) is 70.2 Å². The predicted octanol–water partition coefficient (Wildman–Crippen LogP) is 5.60. The second-order valence-electron chi connectivity index (χ2n) is 7.66. The van der Waals surface area contributed by atoms with Gasteiger partial charge in [0.05, 0.1) is 0 Å². The Morgan fingerprint density at radius 1 is 0.952 bits per heavy atom. The summed E-state index contributed by atoms with van der Waals surface area (Å²) in [4.78, 5) is 0. The molecule has 0 amide bonds. The van der Waals surface area contributed by atoms with Gasteiger partial charge in [-0.15, -0.1) is 0 Å². The lowest BCUT2D eigenvalue weighted by Gasteiger charge is -2.38. The summed E-state index contributed by atoms with van der Waals surface area (Å²) in [7, 11) is 0. The molecule has 0 fully saturated rings. The maximum absolute atomic E-state index is 2.41. The highest BCUT2D eigenvalue weighted by atomic mass is 14.4. The Hall–Kier alpha value is -1.82. The average Bonchev–Trinajstić information content (AvgIpc) is 2.42. The zero-order valence-electron chi connectivity index (χ0n) is 13.3. The molecule has 0 heteroatoms. The maximum Gasteiger partial charge on any atom is 0.0348 e. The molecular formula is C21H22. The lowest BCUT2D eigenvalue weighted by Crippen LogP contribution is -2.24. The molecule has 0 spiro atoms. The van der Waals surface area contributed by atoms with Gasteiger partial charge < -0.3 is 0 Å². The van der Waals surface area contributed by atoms with Gasteiger partial charge in [-0.2, -0.15) is 0 Å². The molecule has 0 nitrogen and oxygen atoms in total. The number of rotatable bonds is 0. The number of hydrogen-bond donors (Lipinski definition) is 0. The van der Waals surface area contributed by atoms with E-state index >= 15 is 0 Å². The molecule has 0 aliphatic heterocycles. The molecule has 0 saturated carbocycles. The van der Waals surface area contributed by atoms with Crippen molar-refractivity contribution in [3.05, 3.63) is 81.5 Å². The topological polar surface area (TPSA) is 0 Å². The van der Waals surface area contributed by atoms with Crippen molar-refractivity contribution in [1.82, 2.24) is 0 Å². The highest BCUT2D eigenvalue weighted by Gasteiger charge is 2.35. The van der Waals surface area contributed by atoms with Gasteiger partial charge in [0.1, 0.15) is 0 Å². The van der Waals surface area contributed by atoms with E-state index < -0.39 is 0 Å². The highest BCUT2D eigenvalue weighted by molar-refractivity contribution is 5.68. The number of hydrogen-bond acceptors (Lipinski definition) is 0. The SMILES string of the molecule is CC1=CC2=C3C(=CC=C4C=C(C(C)(C)C)C=C(C=C2)C43)C1. The van der Waals surface area contributed by atoms with Crippen LogP contribution in [0.3, 0.4) is 0 Å². The van der Waals surface area contributed by atoms with Crippen molar-refractivity contribution >= 4 is 0 Å². The summed E-state index contributed by atoms with van der Waals surface area (Å²) < 4.78 is 0. The van der Waals surface area contributed by atoms with E-state index in [1.807, 2.05) is 0 Å². The van der Waals surface area contributed by atoms with Crippen molar-refractivity contribution in [2.45, 2.75) is 34.1 Å². The van der Waals surface area contributed by atoms with Crippen LogP contribution in [0.1, 0.15) is 34.1 Å². The van der Waals surface area contributed by atoms with E-state index in [9.17, 15) is 0 Å². The van der Waals surface area contributed by atoms with Crippen LogP contribution in [0.15, 0.2) is 81.5 Å². The largest absolute Gasteiger partial charge is 0.0683 e. The van der Waals surface area contributed by atoms with E-state index in [4.69, 9.17) is 0 Å². The van der Waals surface area contributed by atoms with E-state index in [-0.39, 0.29) is 5.41 Å². The Bertz CT molecular complexity index is 746. The quantitative estimate of drug-likeness (QED) is 0.539. The third kappa shape index (κ3) is 1.89. The van der Waals surface area contributed by atoms with Gasteiger partial charge in [-0.25, -0.2) is 0 Å². The Kier molecular flexibility index (Phi) is 2.52. The van der Waals surface area contributed by atoms with E-state index in [1.54, 1.807) is 5.57 Å². The molecule has 4 aliphatic rings. The second-order valence-corrected chi connectivity index (χ2v) is 7.66. The molecule has 0 aromatic rings. The Balaban J connectivity index is 1.92. The van der Waals surface area contributed by atoms with Crippen molar-refractivity contribution in [1.29, 1.82) is 0 Å². The van der Waals surface area contributed by atoms with Gasteiger partial charge in [0, 0.05) is 5.92 Å². The Labute approximate surface area is 127 Å². The van der Waals surface area contributed by atoms with Crippen molar-refractivity contribution in [2.75, 3.05) is 0 Å². The van der Waals surface area contributed by atoms with Gasteiger partial charge in [0.25, 0.3) is 0 Å². The first-order chi connectivity index (χ1) is 9.93. The van der Waals surface area contributed by atoms with Crippen LogP contribution in [-0.2, 0) is 0 Å². The molecule has 0 radical (unpaired) electrons.